The normalized spacial score (nSPS) is 10.6. The second-order valence-electron chi connectivity index (χ2n) is 5.50. The van der Waals surface area contributed by atoms with Gasteiger partial charge in [-0.05, 0) is 37.0 Å². The van der Waals surface area contributed by atoms with Gasteiger partial charge in [0.05, 0.1) is 6.61 Å². The SMILES string of the molecule is CCc1c(C(=O)NCc2ccccc2CO)[nH]c(C)c1C(C)=O. The summed E-state index contributed by atoms with van der Waals surface area (Å²) in [5, 5.41) is 12.2. The largest absolute Gasteiger partial charge is 0.392 e. The Kier molecular flexibility index (Phi) is 5.34. The van der Waals surface area contributed by atoms with Gasteiger partial charge in [-0.15, -0.1) is 0 Å². The number of carbonyl (C=O) groups is 2. The number of aromatic nitrogens is 1. The second kappa shape index (κ2) is 7.24. The Morgan fingerprint density at radius 2 is 1.87 bits per heavy atom. The van der Waals surface area contributed by atoms with Gasteiger partial charge in [0.2, 0.25) is 0 Å². The number of carbonyl (C=O) groups excluding carboxylic acids is 2. The molecule has 23 heavy (non-hydrogen) atoms. The van der Waals surface area contributed by atoms with Crippen molar-refractivity contribution in [3.63, 3.8) is 0 Å². The molecule has 1 aromatic heterocycles. The second-order valence-corrected chi connectivity index (χ2v) is 5.50. The van der Waals surface area contributed by atoms with Gasteiger partial charge in [-0.1, -0.05) is 31.2 Å². The third kappa shape index (κ3) is 3.51. The molecule has 0 aliphatic heterocycles. The van der Waals surface area contributed by atoms with Crippen LogP contribution in [0.3, 0.4) is 0 Å². The van der Waals surface area contributed by atoms with Crippen molar-refractivity contribution in [3.8, 4) is 0 Å². The topological polar surface area (TPSA) is 82.2 Å². The molecule has 5 nitrogen and oxygen atoms in total. The molecule has 1 aromatic carbocycles. The van der Waals surface area contributed by atoms with Crippen molar-refractivity contribution in [3.05, 3.63) is 57.9 Å². The Bertz CT molecular complexity index is 732. The molecular weight excluding hydrogens is 292 g/mol. The molecule has 0 atom stereocenters. The van der Waals surface area contributed by atoms with E-state index < -0.39 is 0 Å². The number of Topliss-reactive ketones (excluding diaryl/α,β-unsaturated/α-hetero) is 1. The van der Waals surface area contributed by atoms with Crippen LogP contribution < -0.4 is 5.32 Å². The molecule has 1 heterocycles. The number of aliphatic hydroxyl groups excluding tert-OH is 1. The first-order chi connectivity index (χ1) is 11.0. The van der Waals surface area contributed by atoms with Crippen LogP contribution in [0.1, 0.15) is 57.1 Å². The summed E-state index contributed by atoms with van der Waals surface area (Å²) in [6, 6.07) is 7.41. The number of rotatable bonds is 6. The first-order valence-corrected chi connectivity index (χ1v) is 7.67. The molecule has 0 fully saturated rings. The number of H-pyrrole nitrogens is 1. The minimum absolute atomic E-state index is 0.0414. The summed E-state index contributed by atoms with van der Waals surface area (Å²) in [5.41, 5.74) is 4.18. The monoisotopic (exact) mass is 314 g/mol. The summed E-state index contributed by atoms with van der Waals surface area (Å²) in [5.74, 6) is -0.287. The molecule has 0 bridgehead atoms. The fourth-order valence-corrected chi connectivity index (χ4v) is 2.85. The minimum atomic E-state index is -0.245. The van der Waals surface area contributed by atoms with E-state index in [4.69, 9.17) is 0 Å². The lowest BCUT2D eigenvalue weighted by Gasteiger charge is -2.09. The number of ketones is 1. The van der Waals surface area contributed by atoms with Crippen LogP contribution in [0.5, 0.6) is 0 Å². The van der Waals surface area contributed by atoms with E-state index in [1.165, 1.54) is 6.92 Å². The summed E-state index contributed by atoms with van der Waals surface area (Å²) in [6.45, 7) is 5.49. The van der Waals surface area contributed by atoms with Crippen LogP contribution in [-0.2, 0) is 19.6 Å². The lowest BCUT2D eigenvalue weighted by molar-refractivity contribution is 0.0945. The van der Waals surface area contributed by atoms with Crippen LogP contribution >= 0.6 is 0 Å². The Morgan fingerprint density at radius 3 is 2.43 bits per heavy atom. The first-order valence-electron chi connectivity index (χ1n) is 7.67. The number of aryl methyl sites for hydroxylation is 1. The van der Waals surface area contributed by atoms with Gasteiger partial charge < -0.3 is 15.4 Å². The van der Waals surface area contributed by atoms with E-state index in [1.807, 2.05) is 31.2 Å². The zero-order valence-corrected chi connectivity index (χ0v) is 13.7. The molecule has 2 aromatic rings. The zero-order valence-electron chi connectivity index (χ0n) is 13.7. The molecule has 0 aliphatic carbocycles. The standard InChI is InChI=1S/C18H22N2O3/c1-4-15-16(12(3)22)11(2)20-17(15)18(23)19-9-13-7-5-6-8-14(13)10-21/h5-8,20-21H,4,9-10H2,1-3H3,(H,19,23). The van der Waals surface area contributed by atoms with E-state index in [-0.39, 0.29) is 18.3 Å². The van der Waals surface area contributed by atoms with Crippen LogP contribution in [0, 0.1) is 6.92 Å². The summed E-state index contributed by atoms with van der Waals surface area (Å²) in [6.07, 6.45) is 0.606. The van der Waals surface area contributed by atoms with Crippen LogP contribution in [-0.4, -0.2) is 21.8 Å². The Labute approximate surface area is 135 Å². The molecule has 0 saturated carbocycles. The van der Waals surface area contributed by atoms with E-state index in [2.05, 4.69) is 10.3 Å². The number of benzene rings is 1. The fraction of sp³-hybridized carbons (Fsp3) is 0.333. The maximum atomic E-state index is 12.5. The van der Waals surface area contributed by atoms with Crippen molar-refractivity contribution in [2.75, 3.05) is 0 Å². The van der Waals surface area contributed by atoms with E-state index in [0.29, 0.717) is 24.2 Å². The third-order valence-corrected chi connectivity index (χ3v) is 3.95. The summed E-state index contributed by atoms with van der Waals surface area (Å²) in [7, 11) is 0. The van der Waals surface area contributed by atoms with Gasteiger partial charge in [0, 0.05) is 17.8 Å². The summed E-state index contributed by atoms with van der Waals surface area (Å²) < 4.78 is 0. The highest BCUT2D eigenvalue weighted by atomic mass is 16.3. The van der Waals surface area contributed by atoms with Crippen molar-refractivity contribution >= 4 is 11.7 Å². The molecule has 0 radical (unpaired) electrons. The van der Waals surface area contributed by atoms with Crippen molar-refractivity contribution in [1.29, 1.82) is 0 Å². The smallest absolute Gasteiger partial charge is 0.268 e. The molecule has 0 saturated heterocycles. The van der Waals surface area contributed by atoms with Gasteiger partial charge in [-0.25, -0.2) is 0 Å². The molecule has 0 aliphatic rings. The van der Waals surface area contributed by atoms with Gasteiger partial charge in [-0.2, -0.15) is 0 Å². The Morgan fingerprint density at radius 1 is 1.22 bits per heavy atom. The fourth-order valence-electron chi connectivity index (χ4n) is 2.85. The molecule has 5 heteroatoms. The average molecular weight is 314 g/mol. The Hall–Kier alpha value is -2.40. The zero-order chi connectivity index (χ0) is 17.0. The molecule has 0 unspecified atom stereocenters. The van der Waals surface area contributed by atoms with Crippen molar-refractivity contribution in [2.45, 2.75) is 40.3 Å². The van der Waals surface area contributed by atoms with Gasteiger partial charge in [0.25, 0.3) is 5.91 Å². The number of aliphatic hydroxyl groups is 1. The lowest BCUT2D eigenvalue weighted by Crippen LogP contribution is -2.25. The Balaban J connectivity index is 2.21. The average Bonchev–Trinajstić information content (AvgIpc) is 2.89. The van der Waals surface area contributed by atoms with Crippen molar-refractivity contribution < 1.29 is 14.7 Å². The van der Waals surface area contributed by atoms with E-state index in [9.17, 15) is 14.7 Å². The highest BCUT2D eigenvalue weighted by Gasteiger charge is 2.21. The third-order valence-electron chi connectivity index (χ3n) is 3.95. The maximum Gasteiger partial charge on any atom is 0.268 e. The van der Waals surface area contributed by atoms with Crippen LogP contribution in [0.25, 0.3) is 0 Å². The number of amides is 1. The number of hydrogen-bond acceptors (Lipinski definition) is 3. The number of aromatic amines is 1. The van der Waals surface area contributed by atoms with E-state index in [0.717, 1.165) is 22.4 Å². The molecule has 1 amide bonds. The van der Waals surface area contributed by atoms with Gasteiger partial charge in [0.1, 0.15) is 5.69 Å². The van der Waals surface area contributed by atoms with Crippen LogP contribution in [0.4, 0.5) is 0 Å². The first kappa shape index (κ1) is 17.0. The van der Waals surface area contributed by atoms with Crippen molar-refractivity contribution in [2.24, 2.45) is 0 Å². The minimum Gasteiger partial charge on any atom is -0.392 e. The number of hydrogen-bond donors (Lipinski definition) is 3. The lowest BCUT2D eigenvalue weighted by atomic mass is 10.0. The van der Waals surface area contributed by atoms with Gasteiger partial charge in [0.15, 0.2) is 5.78 Å². The molecule has 122 valence electrons. The van der Waals surface area contributed by atoms with Crippen LogP contribution in [0.15, 0.2) is 24.3 Å². The van der Waals surface area contributed by atoms with E-state index in [1.54, 1.807) is 6.92 Å². The highest BCUT2D eigenvalue weighted by molar-refractivity contribution is 6.02. The molecule has 3 N–H and O–H groups in total. The number of nitrogens with one attached hydrogen (secondary N) is 2. The van der Waals surface area contributed by atoms with E-state index >= 15 is 0 Å². The quantitative estimate of drug-likeness (QED) is 0.717. The molecule has 0 spiro atoms. The van der Waals surface area contributed by atoms with Gasteiger partial charge in [-0.3, -0.25) is 9.59 Å². The molecular formula is C18H22N2O3. The van der Waals surface area contributed by atoms with Crippen molar-refractivity contribution in [1.82, 2.24) is 10.3 Å². The molecule has 2 rings (SSSR count). The van der Waals surface area contributed by atoms with Gasteiger partial charge >= 0.3 is 0 Å². The highest BCUT2D eigenvalue weighted by Crippen LogP contribution is 2.20. The summed E-state index contributed by atoms with van der Waals surface area (Å²) >= 11 is 0. The van der Waals surface area contributed by atoms with Crippen LogP contribution in [0.2, 0.25) is 0 Å². The maximum absolute atomic E-state index is 12.5. The predicted molar refractivity (Wildman–Crippen MR) is 88.4 cm³/mol. The summed E-state index contributed by atoms with van der Waals surface area (Å²) in [4.78, 5) is 27.3. The predicted octanol–water partition coefficient (Wildman–Crippen LogP) is 2.51.